The van der Waals surface area contributed by atoms with Gasteiger partial charge in [0.1, 0.15) is 0 Å². The van der Waals surface area contributed by atoms with Crippen LogP contribution in [-0.4, -0.2) is 35.5 Å². The molecule has 1 saturated carbocycles. The molecule has 3 N–H and O–H groups in total. The smallest absolute Gasteiger partial charge is 0.303 e. The van der Waals surface area contributed by atoms with Crippen LogP contribution in [0.4, 0.5) is 0 Å². The number of nitrogens with one attached hydrogen (secondary N) is 2. The minimum atomic E-state index is -0.853. The maximum Gasteiger partial charge on any atom is 0.303 e. The maximum atomic E-state index is 11.3. The fourth-order valence-corrected chi connectivity index (χ4v) is 1.34. The third-order valence-electron chi connectivity index (χ3n) is 2.43. The molecule has 6 nitrogen and oxygen atoms in total. The van der Waals surface area contributed by atoms with Gasteiger partial charge >= 0.3 is 5.97 Å². The molecular formula is C11H18N2O4. The van der Waals surface area contributed by atoms with Crippen molar-refractivity contribution in [1.29, 1.82) is 0 Å². The standard InChI is InChI=1S/C11H18N2O4/c14-9(3-1-2-4-11(16)17)12-7-10(15)13-8-5-6-8/h8H,1-7H2,(H,12,14)(H,13,15)(H,16,17). The number of hydrogen-bond acceptors (Lipinski definition) is 3. The lowest BCUT2D eigenvalue weighted by Crippen LogP contribution is -2.37. The van der Waals surface area contributed by atoms with Gasteiger partial charge in [-0.2, -0.15) is 0 Å². The number of carboxylic acid groups (broad SMARTS) is 1. The van der Waals surface area contributed by atoms with Crippen LogP contribution in [0.5, 0.6) is 0 Å². The highest BCUT2D eigenvalue weighted by Gasteiger charge is 2.22. The van der Waals surface area contributed by atoms with Gasteiger partial charge in [0.05, 0.1) is 6.54 Å². The van der Waals surface area contributed by atoms with E-state index in [9.17, 15) is 14.4 Å². The third-order valence-corrected chi connectivity index (χ3v) is 2.43. The molecule has 0 atom stereocenters. The van der Waals surface area contributed by atoms with E-state index in [0.717, 1.165) is 12.8 Å². The topological polar surface area (TPSA) is 95.5 Å². The van der Waals surface area contributed by atoms with Gasteiger partial charge in [0.2, 0.25) is 11.8 Å². The Morgan fingerprint density at radius 2 is 1.71 bits per heavy atom. The van der Waals surface area contributed by atoms with Crippen molar-refractivity contribution in [3.8, 4) is 0 Å². The molecule has 0 radical (unpaired) electrons. The second-order valence-electron chi connectivity index (χ2n) is 4.22. The zero-order valence-electron chi connectivity index (χ0n) is 9.70. The van der Waals surface area contributed by atoms with E-state index in [4.69, 9.17) is 5.11 Å². The first kappa shape index (κ1) is 13.5. The quantitative estimate of drug-likeness (QED) is 0.523. The third kappa shape index (κ3) is 7.32. The van der Waals surface area contributed by atoms with Crippen LogP contribution in [0.3, 0.4) is 0 Å². The lowest BCUT2D eigenvalue weighted by atomic mass is 10.2. The maximum absolute atomic E-state index is 11.3. The van der Waals surface area contributed by atoms with E-state index < -0.39 is 5.97 Å². The van der Waals surface area contributed by atoms with Crippen LogP contribution >= 0.6 is 0 Å². The molecule has 0 aliphatic heterocycles. The Hall–Kier alpha value is -1.59. The molecule has 96 valence electrons. The van der Waals surface area contributed by atoms with Crippen molar-refractivity contribution in [2.24, 2.45) is 0 Å². The molecule has 0 saturated heterocycles. The van der Waals surface area contributed by atoms with Crippen LogP contribution in [0, 0.1) is 0 Å². The number of hydrogen-bond donors (Lipinski definition) is 3. The van der Waals surface area contributed by atoms with E-state index in [1.54, 1.807) is 0 Å². The second-order valence-corrected chi connectivity index (χ2v) is 4.22. The highest BCUT2D eigenvalue weighted by Crippen LogP contribution is 2.18. The minimum absolute atomic E-state index is 0.00820. The Morgan fingerprint density at radius 1 is 1.06 bits per heavy atom. The van der Waals surface area contributed by atoms with Gasteiger partial charge in [-0.25, -0.2) is 0 Å². The van der Waals surface area contributed by atoms with E-state index in [2.05, 4.69) is 10.6 Å². The molecule has 1 rings (SSSR count). The first-order valence-electron chi connectivity index (χ1n) is 5.86. The van der Waals surface area contributed by atoms with Crippen molar-refractivity contribution in [1.82, 2.24) is 10.6 Å². The zero-order valence-corrected chi connectivity index (χ0v) is 9.70. The van der Waals surface area contributed by atoms with Crippen molar-refractivity contribution in [2.45, 2.75) is 44.6 Å². The number of carbonyl (C=O) groups excluding carboxylic acids is 2. The van der Waals surface area contributed by atoms with Gasteiger partial charge in [0, 0.05) is 18.9 Å². The number of aliphatic carboxylic acids is 1. The van der Waals surface area contributed by atoms with Crippen LogP contribution in [0.25, 0.3) is 0 Å². The van der Waals surface area contributed by atoms with Crippen molar-refractivity contribution < 1.29 is 19.5 Å². The van der Waals surface area contributed by atoms with E-state index >= 15 is 0 Å². The highest BCUT2D eigenvalue weighted by molar-refractivity contribution is 5.84. The lowest BCUT2D eigenvalue weighted by Gasteiger charge is -2.05. The Balaban J connectivity index is 1.96. The average molecular weight is 242 g/mol. The van der Waals surface area contributed by atoms with E-state index in [-0.39, 0.29) is 31.2 Å². The van der Waals surface area contributed by atoms with E-state index in [1.165, 1.54) is 0 Å². The molecule has 1 aliphatic rings. The molecular weight excluding hydrogens is 224 g/mol. The van der Waals surface area contributed by atoms with E-state index in [0.29, 0.717) is 18.9 Å². The summed E-state index contributed by atoms with van der Waals surface area (Å²) in [5.74, 6) is -1.22. The molecule has 1 fully saturated rings. The summed E-state index contributed by atoms with van der Waals surface area (Å²) in [5, 5.41) is 13.7. The first-order valence-corrected chi connectivity index (χ1v) is 5.86. The fraction of sp³-hybridized carbons (Fsp3) is 0.727. The van der Waals surface area contributed by atoms with Crippen molar-refractivity contribution >= 4 is 17.8 Å². The molecule has 0 aromatic rings. The lowest BCUT2D eigenvalue weighted by molar-refractivity contribution is -0.137. The van der Waals surface area contributed by atoms with Crippen LogP contribution in [0.15, 0.2) is 0 Å². The predicted molar refractivity (Wildman–Crippen MR) is 60.3 cm³/mol. The summed E-state index contributed by atoms with van der Waals surface area (Å²) in [5.41, 5.74) is 0. The summed E-state index contributed by atoms with van der Waals surface area (Å²) in [4.78, 5) is 32.7. The van der Waals surface area contributed by atoms with Crippen LogP contribution < -0.4 is 10.6 Å². The monoisotopic (exact) mass is 242 g/mol. The summed E-state index contributed by atoms with van der Waals surface area (Å²) in [6.07, 6.45) is 3.41. The molecule has 0 aromatic carbocycles. The highest BCUT2D eigenvalue weighted by atomic mass is 16.4. The molecule has 6 heteroatoms. The van der Waals surface area contributed by atoms with Crippen LogP contribution in [-0.2, 0) is 14.4 Å². The normalized spacial score (nSPS) is 14.1. The Bertz CT molecular complexity index is 300. The molecule has 0 aromatic heterocycles. The van der Waals surface area contributed by atoms with Gasteiger partial charge in [-0.05, 0) is 25.7 Å². The van der Waals surface area contributed by atoms with Crippen LogP contribution in [0.2, 0.25) is 0 Å². The average Bonchev–Trinajstić information content (AvgIpc) is 3.05. The molecule has 0 bridgehead atoms. The Morgan fingerprint density at radius 3 is 2.29 bits per heavy atom. The molecule has 1 aliphatic carbocycles. The molecule has 0 spiro atoms. The van der Waals surface area contributed by atoms with Crippen molar-refractivity contribution in [2.75, 3.05) is 6.54 Å². The van der Waals surface area contributed by atoms with Crippen molar-refractivity contribution in [3.05, 3.63) is 0 Å². The second kappa shape index (κ2) is 6.88. The molecule has 2 amide bonds. The molecule has 0 unspecified atom stereocenters. The van der Waals surface area contributed by atoms with Gasteiger partial charge in [-0.1, -0.05) is 0 Å². The Labute approximate surface area is 99.8 Å². The predicted octanol–water partition coefficient (Wildman–Crippen LogP) is 0.0262. The number of carboxylic acids is 1. The van der Waals surface area contributed by atoms with Gasteiger partial charge in [-0.15, -0.1) is 0 Å². The summed E-state index contributed by atoms with van der Waals surface area (Å²) < 4.78 is 0. The summed E-state index contributed by atoms with van der Waals surface area (Å²) in [6, 6.07) is 0.301. The summed E-state index contributed by atoms with van der Waals surface area (Å²) in [6.45, 7) is 0.00820. The number of unbranched alkanes of at least 4 members (excludes halogenated alkanes) is 1. The van der Waals surface area contributed by atoms with E-state index in [1.807, 2.05) is 0 Å². The van der Waals surface area contributed by atoms with Gasteiger partial charge in [-0.3, -0.25) is 14.4 Å². The zero-order chi connectivity index (χ0) is 12.7. The SMILES string of the molecule is O=C(O)CCCCC(=O)NCC(=O)NC1CC1. The minimum Gasteiger partial charge on any atom is -0.481 e. The van der Waals surface area contributed by atoms with Crippen LogP contribution in [0.1, 0.15) is 38.5 Å². The fourth-order valence-electron chi connectivity index (χ4n) is 1.34. The van der Waals surface area contributed by atoms with Crippen molar-refractivity contribution in [3.63, 3.8) is 0 Å². The summed E-state index contributed by atoms with van der Waals surface area (Å²) in [7, 11) is 0. The van der Waals surface area contributed by atoms with Gasteiger partial charge in [0.25, 0.3) is 0 Å². The number of amides is 2. The van der Waals surface area contributed by atoms with Gasteiger partial charge < -0.3 is 15.7 Å². The number of carbonyl (C=O) groups is 3. The Kier molecular flexibility index (Phi) is 5.45. The largest absolute Gasteiger partial charge is 0.481 e. The molecule has 17 heavy (non-hydrogen) atoms. The van der Waals surface area contributed by atoms with Gasteiger partial charge in [0.15, 0.2) is 0 Å². The summed E-state index contributed by atoms with van der Waals surface area (Å²) >= 11 is 0. The first-order chi connectivity index (χ1) is 8.08. The molecule has 0 heterocycles. The number of rotatable bonds is 8.